The first kappa shape index (κ1) is 21.2. The van der Waals surface area contributed by atoms with E-state index in [1.807, 2.05) is 13.8 Å². The van der Waals surface area contributed by atoms with E-state index in [9.17, 15) is 22.8 Å². The Morgan fingerprint density at radius 3 is 2.37 bits per heavy atom. The Hall–Kier alpha value is -2.14. The third-order valence-corrected chi connectivity index (χ3v) is 5.04. The summed E-state index contributed by atoms with van der Waals surface area (Å²) in [6, 6.07) is 4.19. The van der Waals surface area contributed by atoms with Gasteiger partial charge in [-0.25, -0.2) is 0 Å². The summed E-state index contributed by atoms with van der Waals surface area (Å²) in [5, 5.41) is 13.2. The number of aromatic nitrogens is 2. The summed E-state index contributed by atoms with van der Waals surface area (Å²) in [7, 11) is 0. The van der Waals surface area contributed by atoms with Gasteiger partial charge in [-0.15, -0.1) is 10.2 Å². The first-order valence-corrected chi connectivity index (χ1v) is 9.67. The molecule has 0 aliphatic heterocycles. The van der Waals surface area contributed by atoms with E-state index in [-0.39, 0.29) is 29.2 Å². The summed E-state index contributed by atoms with van der Waals surface area (Å²) in [6.07, 6.45) is -4.05. The molecule has 27 heavy (non-hydrogen) atoms. The third-order valence-electron chi connectivity index (χ3n) is 3.07. The molecule has 0 fully saturated rings. The summed E-state index contributed by atoms with van der Waals surface area (Å²) < 4.78 is 38.0. The van der Waals surface area contributed by atoms with Crippen LogP contribution in [-0.4, -0.2) is 27.8 Å². The van der Waals surface area contributed by atoms with Crippen LogP contribution in [0.1, 0.15) is 25.8 Å². The molecule has 11 heteroatoms. The van der Waals surface area contributed by atoms with Gasteiger partial charge in [0.15, 0.2) is 4.34 Å². The van der Waals surface area contributed by atoms with Crippen LogP contribution in [0.2, 0.25) is 0 Å². The molecule has 0 aliphatic rings. The number of halogens is 3. The van der Waals surface area contributed by atoms with E-state index >= 15 is 0 Å². The van der Waals surface area contributed by atoms with Crippen molar-refractivity contribution in [2.45, 2.75) is 30.8 Å². The average Bonchev–Trinajstić information content (AvgIpc) is 2.99. The zero-order chi connectivity index (χ0) is 20.0. The lowest BCUT2D eigenvalue weighted by Gasteiger charge is -2.08. The van der Waals surface area contributed by atoms with Gasteiger partial charge in [0.1, 0.15) is 0 Å². The van der Waals surface area contributed by atoms with Crippen molar-refractivity contribution in [2.24, 2.45) is 5.92 Å². The standard InChI is InChI=1S/C16H17F3N4O2S2/c1-9(2)7-12(24)21-14-22-23-15(27-14)26-8-13(25)20-11-5-3-10(4-6-11)16(17,18)19/h3-6,9H,7-8H2,1-2H3,(H,20,25)(H,21,22,24). The molecule has 2 N–H and O–H groups in total. The number of benzene rings is 1. The van der Waals surface area contributed by atoms with Crippen LogP contribution in [0.5, 0.6) is 0 Å². The number of nitrogens with zero attached hydrogens (tertiary/aromatic N) is 2. The predicted octanol–water partition coefficient (Wildman–Crippen LogP) is 4.27. The Morgan fingerprint density at radius 2 is 1.78 bits per heavy atom. The molecule has 0 saturated heterocycles. The fourth-order valence-electron chi connectivity index (χ4n) is 1.93. The minimum Gasteiger partial charge on any atom is -0.325 e. The zero-order valence-electron chi connectivity index (χ0n) is 14.5. The maximum atomic E-state index is 12.5. The maximum Gasteiger partial charge on any atom is 0.416 e. The first-order chi connectivity index (χ1) is 12.6. The van der Waals surface area contributed by atoms with Crippen molar-refractivity contribution >= 4 is 45.7 Å². The van der Waals surface area contributed by atoms with Gasteiger partial charge in [-0.1, -0.05) is 36.9 Å². The zero-order valence-corrected chi connectivity index (χ0v) is 16.1. The van der Waals surface area contributed by atoms with Crippen molar-refractivity contribution in [1.29, 1.82) is 0 Å². The van der Waals surface area contributed by atoms with Gasteiger partial charge in [0.25, 0.3) is 0 Å². The van der Waals surface area contributed by atoms with Crippen LogP contribution in [0.15, 0.2) is 28.6 Å². The van der Waals surface area contributed by atoms with Crippen LogP contribution in [0.4, 0.5) is 24.0 Å². The molecule has 1 aromatic carbocycles. The number of alkyl halides is 3. The highest BCUT2D eigenvalue weighted by Crippen LogP contribution is 2.30. The smallest absolute Gasteiger partial charge is 0.325 e. The highest BCUT2D eigenvalue weighted by molar-refractivity contribution is 8.01. The average molecular weight is 418 g/mol. The van der Waals surface area contributed by atoms with Crippen LogP contribution in [0, 0.1) is 5.92 Å². The SMILES string of the molecule is CC(C)CC(=O)Nc1nnc(SCC(=O)Nc2ccc(C(F)(F)F)cc2)s1. The van der Waals surface area contributed by atoms with E-state index < -0.39 is 11.7 Å². The van der Waals surface area contributed by atoms with Crippen LogP contribution in [-0.2, 0) is 15.8 Å². The van der Waals surface area contributed by atoms with Gasteiger partial charge in [0.05, 0.1) is 11.3 Å². The van der Waals surface area contributed by atoms with Gasteiger partial charge in [-0.2, -0.15) is 13.2 Å². The van der Waals surface area contributed by atoms with Crippen molar-refractivity contribution in [3.63, 3.8) is 0 Å². The lowest BCUT2D eigenvalue weighted by Crippen LogP contribution is -2.14. The molecule has 0 bridgehead atoms. The second-order valence-corrected chi connectivity index (χ2v) is 8.13. The fourth-order valence-corrected chi connectivity index (χ4v) is 3.49. The van der Waals surface area contributed by atoms with E-state index in [4.69, 9.17) is 0 Å². The molecule has 0 atom stereocenters. The summed E-state index contributed by atoms with van der Waals surface area (Å²) >= 11 is 2.26. The van der Waals surface area contributed by atoms with Crippen molar-refractivity contribution in [3.8, 4) is 0 Å². The molecule has 1 heterocycles. The van der Waals surface area contributed by atoms with Crippen LogP contribution < -0.4 is 10.6 Å². The lowest BCUT2D eigenvalue weighted by molar-refractivity contribution is -0.137. The molecular weight excluding hydrogens is 401 g/mol. The van der Waals surface area contributed by atoms with Gasteiger partial charge in [-0.3, -0.25) is 9.59 Å². The van der Waals surface area contributed by atoms with Crippen LogP contribution in [0.3, 0.4) is 0 Å². The predicted molar refractivity (Wildman–Crippen MR) is 98.8 cm³/mol. The fraction of sp³-hybridized carbons (Fsp3) is 0.375. The molecule has 0 saturated carbocycles. The largest absolute Gasteiger partial charge is 0.416 e. The van der Waals surface area contributed by atoms with Crippen molar-refractivity contribution < 1.29 is 22.8 Å². The molecule has 6 nitrogen and oxygen atoms in total. The summed E-state index contributed by atoms with van der Waals surface area (Å²) in [5.41, 5.74) is -0.511. The van der Waals surface area contributed by atoms with E-state index in [0.29, 0.717) is 15.9 Å². The summed E-state index contributed by atoms with van der Waals surface area (Å²) in [4.78, 5) is 23.6. The number of carbonyl (C=O) groups excluding carboxylic acids is 2. The number of carbonyl (C=O) groups is 2. The number of anilines is 2. The van der Waals surface area contributed by atoms with E-state index in [0.717, 1.165) is 35.2 Å². The van der Waals surface area contributed by atoms with Crippen LogP contribution in [0.25, 0.3) is 0 Å². The maximum absolute atomic E-state index is 12.5. The molecular formula is C16H17F3N4O2S2. The first-order valence-electron chi connectivity index (χ1n) is 7.86. The molecule has 0 radical (unpaired) electrons. The summed E-state index contributed by atoms with van der Waals surface area (Å²) in [6.45, 7) is 3.85. The molecule has 2 aromatic rings. The second-order valence-electron chi connectivity index (χ2n) is 5.93. The number of hydrogen-bond acceptors (Lipinski definition) is 6. The van der Waals surface area contributed by atoms with E-state index in [2.05, 4.69) is 20.8 Å². The third kappa shape index (κ3) is 7.18. The topological polar surface area (TPSA) is 84.0 Å². The monoisotopic (exact) mass is 418 g/mol. The molecule has 0 aliphatic carbocycles. The number of thioether (sulfide) groups is 1. The second kappa shape index (κ2) is 9.18. The molecule has 2 amide bonds. The molecule has 0 spiro atoms. The Kier molecular flexibility index (Phi) is 7.19. The van der Waals surface area contributed by atoms with Crippen LogP contribution >= 0.6 is 23.1 Å². The minimum atomic E-state index is -4.42. The summed E-state index contributed by atoms with van der Waals surface area (Å²) in [5.74, 6) is -0.311. The Morgan fingerprint density at radius 1 is 1.11 bits per heavy atom. The quantitative estimate of drug-likeness (QED) is 0.518. The Labute approximate surface area is 161 Å². The molecule has 146 valence electrons. The Bertz CT molecular complexity index is 792. The normalized spacial score (nSPS) is 11.5. The van der Waals surface area contributed by atoms with Crippen molar-refractivity contribution in [3.05, 3.63) is 29.8 Å². The van der Waals surface area contributed by atoms with Gasteiger partial charge in [-0.05, 0) is 30.2 Å². The van der Waals surface area contributed by atoms with Crippen molar-refractivity contribution in [2.75, 3.05) is 16.4 Å². The number of nitrogens with one attached hydrogen (secondary N) is 2. The molecule has 0 unspecified atom stereocenters. The number of amides is 2. The minimum absolute atomic E-state index is 0.00952. The van der Waals surface area contributed by atoms with Crippen molar-refractivity contribution in [1.82, 2.24) is 10.2 Å². The van der Waals surface area contributed by atoms with Gasteiger partial charge in [0.2, 0.25) is 16.9 Å². The highest BCUT2D eigenvalue weighted by atomic mass is 32.2. The van der Waals surface area contributed by atoms with Gasteiger partial charge < -0.3 is 10.6 Å². The molecule has 1 aromatic heterocycles. The van der Waals surface area contributed by atoms with Gasteiger partial charge >= 0.3 is 6.18 Å². The van der Waals surface area contributed by atoms with E-state index in [1.165, 1.54) is 12.1 Å². The lowest BCUT2D eigenvalue weighted by atomic mass is 10.1. The highest BCUT2D eigenvalue weighted by Gasteiger charge is 2.29. The Balaban J connectivity index is 1.81. The van der Waals surface area contributed by atoms with E-state index in [1.54, 1.807) is 0 Å². The van der Waals surface area contributed by atoms with Gasteiger partial charge in [0, 0.05) is 12.1 Å². The number of hydrogen-bond donors (Lipinski definition) is 2. The number of rotatable bonds is 7. The molecule has 2 rings (SSSR count).